The van der Waals surface area contributed by atoms with Gasteiger partial charge >= 0.3 is 6.11 Å². The summed E-state index contributed by atoms with van der Waals surface area (Å²) < 4.78 is 61.2. The zero-order chi connectivity index (χ0) is 19.6. The number of halogens is 4. The summed E-state index contributed by atoms with van der Waals surface area (Å²) in [7, 11) is 0. The molecule has 0 saturated heterocycles. The average molecular weight is 386 g/mol. The molecule has 0 radical (unpaired) electrons. The third-order valence-corrected chi connectivity index (χ3v) is 6.61. The van der Waals surface area contributed by atoms with Gasteiger partial charge in [-0.05, 0) is 68.4 Å². The SMILES string of the molecule is Cc1ccc(OC(F)(F)C2CCC(CC3CCC(C)CC3)CC2)c(F)c1F. The first-order chi connectivity index (χ1) is 12.8. The Morgan fingerprint density at radius 1 is 0.889 bits per heavy atom. The highest BCUT2D eigenvalue weighted by molar-refractivity contribution is 5.30. The molecule has 0 amide bonds. The van der Waals surface area contributed by atoms with Crippen molar-refractivity contribution >= 4 is 0 Å². The monoisotopic (exact) mass is 386 g/mol. The van der Waals surface area contributed by atoms with Crippen molar-refractivity contribution in [3.63, 3.8) is 0 Å². The molecule has 3 rings (SSSR count). The first-order valence-electron chi connectivity index (χ1n) is 10.3. The number of hydrogen-bond acceptors (Lipinski definition) is 1. The van der Waals surface area contributed by atoms with E-state index >= 15 is 0 Å². The summed E-state index contributed by atoms with van der Waals surface area (Å²) in [4.78, 5) is 0. The van der Waals surface area contributed by atoms with Gasteiger partial charge in [-0.3, -0.25) is 0 Å². The molecule has 0 atom stereocenters. The lowest BCUT2D eigenvalue weighted by atomic mass is 9.73. The Hall–Kier alpha value is -1.26. The number of ether oxygens (including phenoxy) is 1. The van der Waals surface area contributed by atoms with Gasteiger partial charge in [-0.2, -0.15) is 13.2 Å². The second-order valence-corrected chi connectivity index (χ2v) is 8.75. The molecule has 0 bridgehead atoms. The molecule has 1 aromatic rings. The lowest BCUT2D eigenvalue weighted by molar-refractivity contribution is -0.225. The van der Waals surface area contributed by atoms with E-state index in [1.807, 2.05) is 0 Å². The summed E-state index contributed by atoms with van der Waals surface area (Å²) in [5.74, 6) is -2.05. The minimum atomic E-state index is -3.48. The van der Waals surface area contributed by atoms with E-state index in [1.54, 1.807) is 0 Å². The molecule has 0 N–H and O–H groups in total. The van der Waals surface area contributed by atoms with Crippen molar-refractivity contribution in [1.29, 1.82) is 0 Å². The summed E-state index contributed by atoms with van der Waals surface area (Å²) in [6.07, 6.45) is 5.03. The Morgan fingerprint density at radius 3 is 2.04 bits per heavy atom. The summed E-state index contributed by atoms with van der Waals surface area (Å²) in [5, 5.41) is 0. The average Bonchev–Trinajstić information content (AvgIpc) is 2.64. The van der Waals surface area contributed by atoms with Crippen molar-refractivity contribution in [2.75, 3.05) is 0 Å². The van der Waals surface area contributed by atoms with Gasteiger partial charge in [-0.25, -0.2) is 4.39 Å². The fourth-order valence-corrected chi connectivity index (χ4v) is 4.71. The lowest BCUT2D eigenvalue weighted by Crippen LogP contribution is -2.37. The second-order valence-electron chi connectivity index (χ2n) is 8.75. The molecule has 27 heavy (non-hydrogen) atoms. The first kappa shape index (κ1) is 20.5. The smallest absolute Gasteiger partial charge is 0.400 e. The van der Waals surface area contributed by atoms with Crippen molar-refractivity contribution in [2.24, 2.45) is 23.7 Å². The zero-order valence-electron chi connectivity index (χ0n) is 16.2. The number of alkyl halides is 2. The Balaban J connectivity index is 1.53. The van der Waals surface area contributed by atoms with Crippen LogP contribution in [0.4, 0.5) is 17.6 Å². The molecule has 0 aliphatic heterocycles. The summed E-state index contributed by atoms with van der Waals surface area (Å²) >= 11 is 0. The molecular weight excluding hydrogens is 356 g/mol. The lowest BCUT2D eigenvalue weighted by Gasteiger charge is -2.35. The van der Waals surface area contributed by atoms with E-state index < -0.39 is 29.4 Å². The molecule has 2 fully saturated rings. The van der Waals surface area contributed by atoms with E-state index in [4.69, 9.17) is 0 Å². The van der Waals surface area contributed by atoms with Crippen LogP contribution in [-0.4, -0.2) is 6.11 Å². The van der Waals surface area contributed by atoms with Crippen LogP contribution in [0, 0.1) is 42.2 Å². The van der Waals surface area contributed by atoms with Crippen LogP contribution in [-0.2, 0) is 0 Å². The normalized spacial score (nSPS) is 29.6. The fraction of sp³-hybridized carbons (Fsp3) is 0.727. The minimum Gasteiger partial charge on any atom is -0.429 e. The molecule has 1 nitrogen and oxygen atoms in total. The largest absolute Gasteiger partial charge is 0.429 e. The standard InChI is InChI=1S/C22H30F4O/c1-14-3-6-16(7-4-14)13-17-8-10-18(11-9-17)22(25,26)27-19-12-5-15(2)20(23)21(19)24/h5,12,14,16-18H,3-4,6-11,13H2,1-2H3. The topological polar surface area (TPSA) is 9.23 Å². The summed E-state index contributed by atoms with van der Waals surface area (Å²) in [6, 6.07) is 2.34. The molecule has 0 unspecified atom stereocenters. The molecule has 2 aliphatic carbocycles. The van der Waals surface area contributed by atoms with Gasteiger partial charge in [0.05, 0.1) is 5.92 Å². The molecule has 0 heterocycles. The van der Waals surface area contributed by atoms with Crippen LogP contribution in [0.3, 0.4) is 0 Å². The minimum absolute atomic E-state index is 0.0702. The summed E-state index contributed by atoms with van der Waals surface area (Å²) in [5.41, 5.74) is 0.0702. The van der Waals surface area contributed by atoms with E-state index in [2.05, 4.69) is 11.7 Å². The van der Waals surface area contributed by atoms with Gasteiger partial charge in [0, 0.05) is 0 Å². The zero-order valence-corrected chi connectivity index (χ0v) is 16.2. The van der Waals surface area contributed by atoms with Crippen molar-refractivity contribution in [2.45, 2.75) is 77.7 Å². The summed E-state index contributed by atoms with van der Waals surface area (Å²) in [6.45, 7) is 3.68. The van der Waals surface area contributed by atoms with Crippen LogP contribution in [0.2, 0.25) is 0 Å². The van der Waals surface area contributed by atoms with Crippen LogP contribution in [0.1, 0.15) is 70.3 Å². The van der Waals surface area contributed by atoms with Crippen molar-refractivity contribution in [3.8, 4) is 5.75 Å². The Kier molecular flexibility index (Phi) is 6.37. The van der Waals surface area contributed by atoms with E-state index in [0.717, 1.165) is 37.2 Å². The van der Waals surface area contributed by atoms with Crippen LogP contribution in [0.15, 0.2) is 12.1 Å². The number of aryl methyl sites for hydroxylation is 1. The molecular formula is C22H30F4O. The van der Waals surface area contributed by atoms with E-state index in [0.29, 0.717) is 18.8 Å². The van der Waals surface area contributed by atoms with Crippen molar-refractivity contribution in [1.82, 2.24) is 0 Å². The van der Waals surface area contributed by atoms with E-state index in [9.17, 15) is 17.6 Å². The molecule has 5 heteroatoms. The number of rotatable bonds is 5. The van der Waals surface area contributed by atoms with Gasteiger partial charge < -0.3 is 4.74 Å². The maximum absolute atomic E-state index is 14.5. The van der Waals surface area contributed by atoms with Gasteiger partial charge in [0.1, 0.15) is 0 Å². The van der Waals surface area contributed by atoms with Crippen molar-refractivity contribution in [3.05, 3.63) is 29.3 Å². The fourth-order valence-electron chi connectivity index (χ4n) is 4.71. The molecule has 2 saturated carbocycles. The third kappa shape index (κ3) is 4.97. The first-order valence-corrected chi connectivity index (χ1v) is 10.3. The Morgan fingerprint density at radius 2 is 1.44 bits per heavy atom. The van der Waals surface area contributed by atoms with Gasteiger partial charge in [-0.15, -0.1) is 0 Å². The van der Waals surface area contributed by atoms with E-state index in [1.165, 1.54) is 38.7 Å². The van der Waals surface area contributed by atoms with Gasteiger partial charge in [0.25, 0.3) is 0 Å². The maximum Gasteiger partial charge on any atom is 0.400 e. The number of benzene rings is 1. The van der Waals surface area contributed by atoms with Gasteiger partial charge in [-0.1, -0.05) is 38.7 Å². The molecule has 0 aromatic heterocycles. The third-order valence-electron chi connectivity index (χ3n) is 6.61. The van der Waals surface area contributed by atoms with E-state index in [-0.39, 0.29) is 5.56 Å². The predicted octanol–water partition coefficient (Wildman–Crippen LogP) is 7.27. The molecule has 2 aliphatic rings. The van der Waals surface area contributed by atoms with Gasteiger partial charge in [0.2, 0.25) is 5.82 Å². The quantitative estimate of drug-likeness (QED) is 0.484. The van der Waals surface area contributed by atoms with Crippen molar-refractivity contribution < 1.29 is 22.3 Å². The maximum atomic E-state index is 14.5. The molecule has 0 spiro atoms. The Bertz CT molecular complexity index is 629. The second kappa shape index (κ2) is 8.40. The highest BCUT2D eigenvalue weighted by Crippen LogP contribution is 2.43. The van der Waals surface area contributed by atoms with Crippen LogP contribution in [0.5, 0.6) is 5.75 Å². The van der Waals surface area contributed by atoms with Gasteiger partial charge in [0.15, 0.2) is 11.6 Å². The Labute approximate surface area is 159 Å². The predicted molar refractivity (Wildman–Crippen MR) is 97.9 cm³/mol. The highest BCUT2D eigenvalue weighted by atomic mass is 19.3. The molecule has 1 aromatic carbocycles. The molecule has 152 valence electrons. The van der Waals surface area contributed by atoms with Crippen LogP contribution >= 0.6 is 0 Å². The van der Waals surface area contributed by atoms with Crippen LogP contribution < -0.4 is 4.74 Å². The van der Waals surface area contributed by atoms with Crippen LogP contribution in [0.25, 0.3) is 0 Å². The highest BCUT2D eigenvalue weighted by Gasteiger charge is 2.44. The number of hydrogen-bond donors (Lipinski definition) is 0.